The number of hydrogen-bond donors (Lipinski definition) is 2. The van der Waals surface area contributed by atoms with Crippen molar-refractivity contribution in [1.29, 1.82) is 0 Å². The molecule has 0 saturated heterocycles. The number of anilines is 1. The highest BCUT2D eigenvalue weighted by Gasteiger charge is 2.31. The molecule has 1 aliphatic carbocycles. The van der Waals surface area contributed by atoms with Crippen LogP contribution in [0.15, 0.2) is 18.2 Å². The minimum Gasteiger partial charge on any atom is -0.387 e. The first-order valence-electron chi connectivity index (χ1n) is 7.72. The van der Waals surface area contributed by atoms with Gasteiger partial charge in [0.1, 0.15) is 0 Å². The Balaban J connectivity index is 2.04. The molecule has 1 aromatic carbocycles. The van der Waals surface area contributed by atoms with Crippen molar-refractivity contribution in [2.45, 2.75) is 43.8 Å². The molecule has 2 rings (SSSR count). The summed E-state index contributed by atoms with van der Waals surface area (Å²) in [6, 6.07) is 5.91. The number of hydrogen-bond acceptors (Lipinski definition) is 3. The second-order valence-electron chi connectivity index (χ2n) is 5.93. The van der Waals surface area contributed by atoms with Gasteiger partial charge in [0.15, 0.2) is 0 Å². The van der Waals surface area contributed by atoms with Crippen LogP contribution in [0.4, 0.5) is 5.69 Å². The smallest absolute Gasteiger partial charge is 0.253 e. The van der Waals surface area contributed by atoms with E-state index < -0.39 is 0 Å². The van der Waals surface area contributed by atoms with Crippen LogP contribution in [0.5, 0.6) is 0 Å². The summed E-state index contributed by atoms with van der Waals surface area (Å²) in [7, 11) is 1.86. The Bertz CT molecular complexity index is 496. The van der Waals surface area contributed by atoms with Crippen molar-refractivity contribution in [3.8, 4) is 0 Å². The van der Waals surface area contributed by atoms with Crippen molar-refractivity contribution in [3.05, 3.63) is 29.3 Å². The number of nitrogens with one attached hydrogen (secondary N) is 2. The Morgan fingerprint density at radius 3 is 2.62 bits per heavy atom. The van der Waals surface area contributed by atoms with Gasteiger partial charge >= 0.3 is 0 Å². The zero-order valence-corrected chi connectivity index (χ0v) is 14.1. The molecule has 1 aromatic rings. The van der Waals surface area contributed by atoms with Gasteiger partial charge in [-0.05, 0) is 43.7 Å². The SMILES string of the molecule is CNc1cc(C)ccc1C(=O)NCC1(SC)CCCCC1. The molecule has 3 nitrogen and oxygen atoms in total. The van der Waals surface area contributed by atoms with Crippen molar-refractivity contribution in [2.24, 2.45) is 0 Å². The summed E-state index contributed by atoms with van der Waals surface area (Å²) in [5.41, 5.74) is 2.79. The van der Waals surface area contributed by atoms with Crippen LogP contribution in [-0.2, 0) is 0 Å². The average Bonchev–Trinajstić information content (AvgIpc) is 2.53. The Labute approximate surface area is 132 Å². The third-order valence-corrected chi connectivity index (χ3v) is 5.88. The maximum absolute atomic E-state index is 12.5. The second-order valence-corrected chi connectivity index (χ2v) is 7.20. The van der Waals surface area contributed by atoms with E-state index in [0.29, 0.717) is 0 Å². The highest BCUT2D eigenvalue weighted by molar-refractivity contribution is 8.00. The van der Waals surface area contributed by atoms with E-state index in [1.54, 1.807) is 0 Å². The minimum atomic E-state index is 0.0262. The van der Waals surface area contributed by atoms with Gasteiger partial charge < -0.3 is 10.6 Å². The fourth-order valence-corrected chi connectivity index (χ4v) is 3.96. The zero-order valence-electron chi connectivity index (χ0n) is 13.3. The molecule has 116 valence electrons. The zero-order chi connectivity index (χ0) is 15.3. The molecule has 0 aromatic heterocycles. The van der Waals surface area contributed by atoms with Crippen molar-refractivity contribution in [1.82, 2.24) is 5.32 Å². The maximum atomic E-state index is 12.5. The summed E-state index contributed by atoms with van der Waals surface area (Å²) in [5, 5.41) is 6.27. The lowest BCUT2D eigenvalue weighted by Gasteiger charge is -2.35. The standard InChI is InChI=1S/C17H26N2OS/c1-13-7-8-14(15(11-13)18-2)16(20)19-12-17(21-3)9-5-4-6-10-17/h7-8,11,18H,4-6,9-10,12H2,1-3H3,(H,19,20). The molecule has 0 unspecified atom stereocenters. The monoisotopic (exact) mass is 306 g/mol. The predicted octanol–water partition coefficient (Wildman–Crippen LogP) is 3.83. The number of rotatable bonds is 5. The first-order chi connectivity index (χ1) is 10.1. The largest absolute Gasteiger partial charge is 0.387 e. The Kier molecular flexibility index (Phi) is 5.57. The van der Waals surface area contributed by atoms with Crippen LogP contribution >= 0.6 is 11.8 Å². The van der Waals surface area contributed by atoms with E-state index in [9.17, 15) is 4.79 Å². The van der Waals surface area contributed by atoms with Crippen molar-refractivity contribution < 1.29 is 4.79 Å². The van der Waals surface area contributed by atoms with Gasteiger partial charge in [-0.3, -0.25) is 4.79 Å². The van der Waals surface area contributed by atoms with E-state index in [1.165, 1.54) is 32.1 Å². The quantitative estimate of drug-likeness (QED) is 0.868. The molecule has 1 amide bonds. The summed E-state index contributed by atoms with van der Waals surface area (Å²) < 4.78 is 0.235. The summed E-state index contributed by atoms with van der Waals surface area (Å²) in [4.78, 5) is 12.5. The highest BCUT2D eigenvalue weighted by Crippen LogP contribution is 2.38. The van der Waals surface area contributed by atoms with Crippen molar-refractivity contribution in [2.75, 3.05) is 25.2 Å². The maximum Gasteiger partial charge on any atom is 0.253 e. The topological polar surface area (TPSA) is 41.1 Å². The van der Waals surface area contributed by atoms with E-state index in [-0.39, 0.29) is 10.7 Å². The average molecular weight is 306 g/mol. The molecule has 0 aliphatic heterocycles. The molecule has 2 N–H and O–H groups in total. The molecule has 0 spiro atoms. The molecule has 1 saturated carbocycles. The first-order valence-corrected chi connectivity index (χ1v) is 8.94. The number of carbonyl (C=O) groups excluding carboxylic acids is 1. The molecule has 0 heterocycles. The number of thioether (sulfide) groups is 1. The van der Waals surface area contributed by atoms with E-state index in [1.807, 2.05) is 43.9 Å². The van der Waals surface area contributed by atoms with Crippen molar-refractivity contribution >= 4 is 23.4 Å². The van der Waals surface area contributed by atoms with Gasteiger partial charge in [-0.1, -0.05) is 25.3 Å². The third-order valence-electron chi connectivity index (χ3n) is 4.46. The molecular weight excluding hydrogens is 280 g/mol. The third kappa shape index (κ3) is 3.94. The van der Waals surface area contributed by atoms with Gasteiger partial charge in [0.2, 0.25) is 0 Å². The summed E-state index contributed by atoms with van der Waals surface area (Å²) in [6.07, 6.45) is 8.48. The summed E-state index contributed by atoms with van der Waals surface area (Å²) in [6.45, 7) is 2.80. The molecule has 4 heteroatoms. The van der Waals surface area contributed by atoms with Crippen LogP contribution in [0, 0.1) is 6.92 Å². The molecule has 1 aliphatic rings. The van der Waals surface area contributed by atoms with E-state index >= 15 is 0 Å². The molecular formula is C17H26N2OS. The van der Waals surface area contributed by atoms with Crippen LogP contribution in [0.2, 0.25) is 0 Å². The van der Waals surface area contributed by atoms with Gasteiger partial charge in [0, 0.05) is 24.0 Å². The van der Waals surface area contributed by atoms with Crippen molar-refractivity contribution in [3.63, 3.8) is 0 Å². The van der Waals surface area contributed by atoms with Gasteiger partial charge in [0.25, 0.3) is 5.91 Å². The Morgan fingerprint density at radius 2 is 2.00 bits per heavy atom. The van der Waals surface area contributed by atoms with Crippen LogP contribution in [-0.4, -0.2) is 30.5 Å². The fourth-order valence-electron chi connectivity index (χ4n) is 3.05. The molecule has 0 atom stereocenters. The summed E-state index contributed by atoms with van der Waals surface area (Å²) in [5.74, 6) is 0.0262. The van der Waals surface area contributed by atoms with Gasteiger partial charge in [-0.25, -0.2) is 0 Å². The Morgan fingerprint density at radius 1 is 1.29 bits per heavy atom. The van der Waals surface area contributed by atoms with Crippen LogP contribution < -0.4 is 10.6 Å². The lowest BCUT2D eigenvalue weighted by Crippen LogP contribution is -2.41. The molecule has 0 radical (unpaired) electrons. The Hall–Kier alpha value is -1.16. The lowest BCUT2D eigenvalue weighted by molar-refractivity contribution is 0.0947. The molecule has 21 heavy (non-hydrogen) atoms. The van der Waals surface area contributed by atoms with Gasteiger partial charge in [0.05, 0.1) is 5.56 Å². The van der Waals surface area contributed by atoms with Crippen LogP contribution in [0.1, 0.15) is 48.0 Å². The van der Waals surface area contributed by atoms with E-state index in [2.05, 4.69) is 16.9 Å². The normalized spacial score (nSPS) is 17.3. The fraction of sp³-hybridized carbons (Fsp3) is 0.588. The second kappa shape index (κ2) is 7.21. The van der Waals surface area contributed by atoms with Gasteiger partial charge in [-0.15, -0.1) is 0 Å². The highest BCUT2D eigenvalue weighted by atomic mass is 32.2. The van der Waals surface area contributed by atoms with Crippen LogP contribution in [0.25, 0.3) is 0 Å². The lowest BCUT2D eigenvalue weighted by atomic mass is 9.88. The number of amides is 1. The molecule has 1 fully saturated rings. The number of aryl methyl sites for hydroxylation is 1. The number of carbonyl (C=O) groups is 1. The molecule has 0 bridgehead atoms. The minimum absolute atomic E-state index is 0.0262. The number of benzene rings is 1. The van der Waals surface area contributed by atoms with E-state index in [4.69, 9.17) is 0 Å². The predicted molar refractivity (Wildman–Crippen MR) is 92.4 cm³/mol. The van der Waals surface area contributed by atoms with Gasteiger partial charge in [-0.2, -0.15) is 11.8 Å². The van der Waals surface area contributed by atoms with E-state index in [0.717, 1.165) is 23.4 Å². The van der Waals surface area contributed by atoms with Crippen LogP contribution in [0.3, 0.4) is 0 Å². The summed E-state index contributed by atoms with van der Waals surface area (Å²) >= 11 is 1.91. The first kappa shape index (κ1) is 16.2.